The second kappa shape index (κ2) is 7.07. The molecule has 7 heteroatoms. The van der Waals surface area contributed by atoms with Gasteiger partial charge in [-0.15, -0.1) is 5.10 Å². The van der Waals surface area contributed by atoms with Crippen molar-refractivity contribution in [1.82, 2.24) is 14.8 Å². The van der Waals surface area contributed by atoms with Crippen molar-refractivity contribution in [3.8, 4) is 11.8 Å². The Balaban J connectivity index is 1.71. The lowest BCUT2D eigenvalue weighted by molar-refractivity contribution is 0.155. The number of nitrogens with one attached hydrogen (secondary N) is 1. The highest BCUT2D eigenvalue weighted by Gasteiger charge is 2.10. The third-order valence-electron chi connectivity index (χ3n) is 3.19. The second-order valence-corrected chi connectivity index (χ2v) is 4.83. The molecule has 0 aliphatic carbocycles. The van der Waals surface area contributed by atoms with E-state index >= 15 is 0 Å². The lowest BCUT2D eigenvalue weighted by Gasteiger charge is -2.11. The molecule has 0 atom stereocenters. The van der Waals surface area contributed by atoms with Gasteiger partial charge in [-0.25, -0.2) is 14.5 Å². The number of benzene rings is 2. The molecule has 0 saturated carbocycles. The molecule has 0 aliphatic rings. The summed E-state index contributed by atoms with van der Waals surface area (Å²) in [6.45, 7) is 0.177. The highest BCUT2D eigenvalue weighted by atomic mass is 16.5. The molecule has 0 fully saturated rings. The van der Waals surface area contributed by atoms with Gasteiger partial charge >= 0.3 is 6.09 Å². The van der Waals surface area contributed by atoms with Crippen LogP contribution in [0.15, 0.2) is 60.9 Å². The maximum atomic E-state index is 12.0. The number of hydrogen-bond acceptors (Lipinski definition) is 5. The van der Waals surface area contributed by atoms with Crippen molar-refractivity contribution in [3.63, 3.8) is 0 Å². The smallest absolute Gasteiger partial charge is 0.412 e. The van der Waals surface area contributed by atoms with Crippen LogP contribution in [0.2, 0.25) is 0 Å². The molecule has 0 unspecified atom stereocenters. The van der Waals surface area contributed by atoms with Crippen molar-refractivity contribution in [2.24, 2.45) is 0 Å². The molecule has 2 aromatic carbocycles. The van der Waals surface area contributed by atoms with Crippen molar-refractivity contribution in [2.45, 2.75) is 6.61 Å². The largest absolute Gasteiger partial charge is 0.444 e. The number of amides is 1. The Labute approximate surface area is 138 Å². The van der Waals surface area contributed by atoms with E-state index in [1.165, 1.54) is 11.0 Å². The van der Waals surface area contributed by atoms with Crippen molar-refractivity contribution < 1.29 is 9.53 Å². The Morgan fingerprint density at radius 1 is 1.17 bits per heavy atom. The van der Waals surface area contributed by atoms with E-state index in [1.807, 2.05) is 36.4 Å². The average Bonchev–Trinajstić information content (AvgIpc) is 3.10. The number of anilines is 1. The first-order chi connectivity index (χ1) is 11.8. The number of para-hydroxylation sites is 2. The minimum atomic E-state index is -0.577. The van der Waals surface area contributed by atoms with E-state index in [4.69, 9.17) is 10.00 Å². The number of aromatic nitrogens is 3. The molecule has 3 aromatic rings. The van der Waals surface area contributed by atoms with Crippen LogP contribution in [0.25, 0.3) is 5.69 Å². The Morgan fingerprint density at radius 3 is 2.67 bits per heavy atom. The fourth-order valence-corrected chi connectivity index (χ4v) is 2.08. The van der Waals surface area contributed by atoms with Gasteiger partial charge in [-0.2, -0.15) is 5.26 Å². The summed E-state index contributed by atoms with van der Waals surface area (Å²) in [7, 11) is 0. The Kier molecular flexibility index (Phi) is 4.49. The standard InChI is InChI=1S/C17H13N5O2/c18-10-16-19-12-22(21-16)15-9-5-4-8-14(15)20-17(23)24-11-13-6-2-1-3-7-13/h1-9,12H,11H2,(H,20,23). The number of carbonyl (C=O) groups is 1. The van der Waals surface area contributed by atoms with E-state index in [0.717, 1.165) is 5.56 Å². The molecule has 1 heterocycles. The summed E-state index contributed by atoms with van der Waals surface area (Å²) in [5.74, 6) is 0.0523. The van der Waals surface area contributed by atoms with Gasteiger partial charge in [0.05, 0.1) is 11.4 Å². The zero-order chi connectivity index (χ0) is 16.8. The Bertz CT molecular complexity index is 883. The van der Waals surface area contributed by atoms with Gasteiger partial charge in [0.15, 0.2) is 0 Å². The van der Waals surface area contributed by atoms with Gasteiger partial charge in [-0.05, 0) is 17.7 Å². The van der Waals surface area contributed by atoms with Crippen LogP contribution in [0, 0.1) is 11.3 Å². The lowest BCUT2D eigenvalue weighted by Crippen LogP contribution is -2.15. The van der Waals surface area contributed by atoms with E-state index < -0.39 is 6.09 Å². The van der Waals surface area contributed by atoms with Crippen LogP contribution >= 0.6 is 0 Å². The summed E-state index contributed by atoms with van der Waals surface area (Å²) < 4.78 is 6.62. The summed E-state index contributed by atoms with van der Waals surface area (Å²) in [5, 5.41) is 15.5. The molecule has 0 spiro atoms. The van der Waals surface area contributed by atoms with Crippen LogP contribution in [0.1, 0.15) is 11.4 Å². The van der Waals surface area contributed by atoms with Crippen LogP contribution < -0.4 is 5.32 Å². The minimum Gasteiger partial charge on any atom is -0.444 e. The van der Waals surface area contributed by atoms with E-state index in [2.05, 4.69) is 15.4 Å². The third kappa shape index (κ3) is 3.56. The first-order valence-corrected chi connectivity index (χ1v) is 7.15. The molecule has 0 radical (unpaired) electrons. The molecular weight excluding hydrogens is 306 g/mol. The second-order valence-electron chi connectivity index (χ2n) is 4.83. The summed E-state index contributed by atoms with van der Waals surface area (Å²) in [6.07, 6.45) is 0.834. The SMILES string of the molecule is N#Cc1ncn(-c2ccccc2NC(=O)OCc2ccccc2)n1. The highest BCUT2D eigenvalue weighted by molar-refractivity contribution is 5.87. The highest BCUT2D eigenvalue weighted by Crippen LogP contribution is 2.19. The molecule has 24 heavy (non-hydrogen) atoms. The zero-order valence-corrected chi connectivity index (χ0v) is 12.6. The molecule has 7 nitrogen and oxygen atoms in total. The number of nitrogens with zero attached hydrogens (tertiary/aromatic N) is 4. The first-order valence-electron chi connectivity index (χ1n) is 7.15. The number of nitriles is 1. The Morgan fingerprint density at radius 2 is 1.92 bits per heavy atom. The molecule has 1 aromatic heterocycles. The van der Waals surface area contributed by atoms with Crippen molar-refractivity contribution >= 4 is 11.8 Å². The topological polar surface area (TPSA) is 92.8 Å². The fourth-order valence-electron chi connectivity index (χ4n) is 2.08. The maximum Gasteiger partial charge on any atom is 0.412 e. The number of rotatable bonds is 4. The summed E-state index contributed by atoms with van der Waals surface area (Å²) in [5.41, 5.74) is 1.99. The van der Waals surface area contributed by atoms with E-state index in [1.54, 1.807) is 24.3 Å². The van der Waals surface area contributed by atoms with Gasteiger partial charge in [0.1, 0.15) is 19.0 Å². The molecule has 1 N–H and O–H groups in total. The van der Waals surface area contributed by atoms with Gasteiger partial charge in [-0.1, -0.05) is 42.5 Å². The van der Waals surface area contributed by atoms with Gasteiger partial charge < -0.3 is 4.74 Å². The molecule has 0 saturated heterocycles. The van der Waals surface area contributed by atoms with Crippen molar-refractivity contribution in [1.29, 1.82) is 5.26 Å². The predicted octanol–water partition coefficient (Wildman–Crippen LogP) is 2.89. The minimum absolute atomic E-state index is 0.0523. The van der Waals surface area contributed by atoms with Crippen LogP contribution in [-0.2, 0) is 11.3 Å². The van der Waals surface area contributed by atoms with Crippen LogP contribution in [0.3, 0.4) is 0 Å². The summed E-state index contributed by atoms with van der Waals surface area (Å²) in [4.78, 5) is 15.9. The number of hydrogen-bond donors (Lipinski definition) is 1. The number of ether oxygens (including phenoxy) is 1. The van der Waals surface area contributed by atoms with E-state index in [-0.39, 0.29) is 12.4 Å². The molecule has 0 bridgehead atoms. The van der Waals surface area contributed by atoms with Crippen molar-refractivity contribution in [2.75, 3.05) is 5.32 Å². The Hall–Kier alpha value is -3.66. The predicted molar refractivity (Wildman–Crippen MR) is 86.3 cm³/mol. The van der Waals surface area contributed by atoms with E-state index in [0.29, 0.717) is 11.4 Å². The first kappa shape index (κ1) is 15.2. The van der Waals surface area contributed by atoms with Crippen LogP contribution in [0.5, 0.6) is 0 Å². The van der Waals surface area contributed by atoms with Gasteiger partial charge in [0.2, 0.25) is 0 Å². The fraction of sp³-hybridized carbons (Fsp3) is 0.0588. The van der Waals surface area contributed by atoms with Crippen molar-refractivity contribution in [3.05, 3.63) is 72.3 Å². The third-order valence-corrected chi connectivity index (χ3v) is 3.19. The van der Waals surface area contributed by atoms with Gasteiger partial charge in [0, 0.05) is 0 Å². The molecule has 1 amide bonds. The maximum absolute atomic E-state index is 12.0. The summed E-state index contributed by atoms with van der Waals surface area (Å²) >= 11 is 0. The lowest BCUT2D eigenvalue weighted by atomic mass is 10.2. The van der Waals surface area contributed by atoms with Gasteiger partial charge in [0.25, 0.3) is 5.82 Å². The molecule has 0 aliphatic heterocycles. The monoisotopic (exact) mass is 319 g/mol. The van der Waals surface area contributed by atoms with E-state index in [9.17, 15) is 4.79 Å². The normalized spacial score (nSPS) is 9.96. The molecule has 118 valence electrons. The summed E-state index contributed by atoms with van der Waals surface area (Å²) in [6, 6.07) is 18.3. The van der Waals surface area contributed by atoms with Crippen LogP contribution in [0.4, 0.5) is 10.5 Å². The quantitative estimate of drug-likeness (QED) is 0.798. The average molecular weight is 319 g/mol. The molecular formula is C17H13N5O2. The molecule has 3 rings (SSSR count). The zero-order valence-electron chi connectivity index (χ0n) is 12.6. The van der Waals surface area contributed by atoms with Crippen LogP contribution in [-0.4, -0.2) is 20.9 Å². The number of carbonyl (C=O) groups excluding carboxylic acids is 1. The van der Waals surface area contributed by atoms with Gasteiger partial charge in [-0.3, -0.25) is 5.32 Å².